The van der Waals surface area contributed by atoms with Crippen molar-refractivity contribution in [1.29, 1.82) is 0 Å². The molecule has 0 unspecified atom stereocenters. The summed E-state index contributed by atoms with van der Waals surface area (Å²) in [6.07, 6.45) is 5.03. The van der Waals surface area contributed by atoms with Gasteiger partial charge >= 0.3 is 0 Å². The molecular formula is C16H23N3S. The lowest BCUT2D eigenvalue weighted by atomic mass is 9.99. The molecule has 1 atom stereocenters. The average Bonchev–Trinajstić information content (AvgIpc) is 2.47. The summed E-state index contributed by atoms with van der Waals surface area (Å²) in [4.78, 5) is 7.57. The standard InChI is InChI=1S/C16H23N3S/c1-3-5-8-12(4-2)11-17-15-13-9-6-7-10-14(13)18-16(20)19-15/h6-7,9-10,12H,3-5,8,11H2,1-2H3,(H2,17,18,19,20)/t12-/m0/s1. The number of para-hydroxylation sites is 1. The van der Waals surface area contributed by atoms with Crippen molar-refractivity contribution in [2.45, 2.75) is 39.5 Å². The highest BCUT2D eigenvalue weighted by atomic mass is 32.1. The minimum Gasteiger partial charge on any atom is -0.369 e. The average molecular weight is 289 g/mol. The van der Waals surface area contributed by atoms with Gasteiger partial charge in [-0.2, -0.15) is 0 Å². The third-order valence-corrected chi connectivity index (χ3v) is 3.93. The molecule has 0 aliphatic rings. The van der Waals surface area contributed by atoms with E-state index >= 15 is 0 Å². The first-order valence-electron chi connectivity index (χ1n) is 7.47. The first-order valence-corrected chi connectivity index (χ1v) is 7.88. The van der Waals surface area contributed by atoms with E-state index in [1.54, 1.807) is 0 Å². The monoisotopic (exact) mass is 289 g/mol. The number of unbranched alkanes of at least 4 members (excludes halogenated alkanes) is 1. The summed E-state index contributed by atoms with van der Waals surface area (Å²) in [5.74, 6) is 1.60. The minimum atomic E-state index is 0.535. The molecule has 0 bridgehead atoms. The maximum absolute atomic E-state index is 5.20. The fourth-order valence-corrected chi connectivity index (χ4v) is 2.62. The summed E-state index contributed by atoms with van der Waals surface area (Å²) in [6.45, 7) is 5.46. The Labute approximate surface area is 125 Å². The molecule has 2 aromatic rings. The van der Waals surface area contributed by atoms with Gasteiger partial charge in [-0.25, -0.2) is 4.98 Å². The highest BCUT2D eigenvalue weighted by Gasteiger charge is 2.08. The molecule has 1 heterocycles. The van der Waals surface area contributed by atoms with Crippen LogP contribution in [-0.4, -0.2) is 16.5 Å². The zero-order valence-corrected chi connectivity index (χ0v) is 13.1. The second-order valence-electron chi connectivity index (χ2n) is 5.23. The lowest BCUT2D eigenvalue weighted by molar-refractivity contribution is 0.472. The number of fused-ring (bicyclic) bond motifs is 1. The van der Waals surface area contributed by atoms with Crippen molar-refractivity contribution >= 4 is 28.9 Å². The molecule has 0 radical (unpaired) electrons. The Morgan fingerprint density at radius 3 is 2.85 bits per heavy atom. The Morgan fingerprint density at radius 2 is 2.10 bits per heavy atom. The summed E-state index contributed by atoms with van der Waals surface area (Å²) >= 11 is 5.20. The number of aromatic nitrogens is 2. The number of hydrogen-bond donors (Lipinski definition) is 2. The Morgan fingerprint density at radius 1 is 1.30 bits per heavy atom. The Bertz CT molecular complexity index is 606. The summed E-state index contributed by atoms with van der Waals surface area (Å²) < 4.78 is 0.535. The molecule has 0 amide bonds. The molecule has 0 fully saturated rings. The Balaban J connectivity index is 2.14. The molecule has 2 N–H and O–H groups in total. The van der Waals surface area contributed by atoms with Crippen molar-refractivity contribution in [3.8, 4) is 0 Å². The van der Waals surface area contributed by atoms with E-state index in [4.69, 9.17) is 12.2 Å². The number of nitrogens with zero attached hydrogens (tertiary/aromatic N) is 1. The second-order valence-corrected chi connectivity index (χ2v) is 5.62. The number of aromatic amines is 1. The van der Waals surface area contributed by atoms with Gasteiger partial charge in [0.25, 0.3) is 0 Å². The maximum atomic E-state index is 5.20. The molecule has 0 saturated heterocycles. The molecule has 0 spiro atoms. The van der Waals surface area contributed by atoms with Gasteiger partial charge in [-0.15, -0.1) is 0 Å². The van der Waals surface area contributed by atoms with E-state index < -0.39 is 0 Å². The van der Waals surface area contributed by atoms with Gasteiger partial charge in [-0.3, -0.25) is 0 Å². The predicted octanol–water partition coefficient (Wildman–Crippen LogP) is 4.92. The van der Waals surface area contributed by atoms with Crippen LogP contribution < -0.4 is 5.32 Å². The van der Waals surface area contributed by atoms with Crippen molar-refractivity contribution in [3.63, 3.8) is 0 Å². The Hall–Kier alpha value is -1.42. The molecule has 108 valence electrons. The number of benzene rings is 1. The van der Waals surface area contributed by atoms with Crippen LogP contribution in [0.15, 0.2) is 24.3 Å². The molecule has 0 aliphatic heterocycles. The predicted molar refractivity (Wildman–Crippen MR) is 88.7 cm³/mol. The third-order valence-electron chi connectivity index (χ3n) is 3.74. The van der Waals surface area contributed by atoms with E-state index in [1.165, 1.54) is 25.7 Å². The lowest BCUT2D eigenvalue weighted by Gasteiger charge is -2.16. The SMILES string of the molecule is CCCC[C@H](CC)CNc1nc(=S)[nH]c2ccccc12. The van der Waals surface area contributed by atoms with Gasteiger partial charge in [0.05, 0.1) is 5.52 Å². The molecule has 20 heavy (non-hydrogen) atoms. The smallest absolute Gasteiger partial charge is 0.199 e. The zero-order valence-electron chi connectivity index (χ0n) is 12.3. The van der Waals surface area contributed by atoms with Crippen molar-refractivity contribution in [2.75, 3.05) is 11.9 Å². The van der Waals surface area contributed by atoms with Crippen molar-refractivity contribution in [2.24, 2.45) is 5.92 Å². The van der Waals surface area contributed by atoms with Crippen molar-refractivity contribution in [1.82, 2.24) is 9.97 Å². The number of hydrogen-bond acceptors (Lipinski definition) is 3. The van der Waals surface area contributed by atoms with Crippen LogP contribution in [-0.2, 0) is 0 Å². The molecule has 2 rings (SSSR count). The van der Waals surface area contributed by atoms with E-state index in [0.717, 1.165) is 23.3 Å². The van der Waals surface area contributed by atoms with E-state index in [-0.39, 0.29) is 0 Å². The van der Waals surface area contributed by atoms with Gasteiger partial charge in [-0.1, -0.05) is 45.2 Å². The van der Waals surface area contributed by atoms with Gasteiger partial charge in [-0.05, 0) is 36.7 Å². The van der Waals surface area contributed by atoms with Crippen LogP contribution in [0.1, 0.15) is 39.5 Å². The van der Waals surface area contributed by atoms with E-state index in [9.17, 15) is 0 Å². The quantitative estimate of drug-likeness (QED) is 0.711. The molecule has 1 aromatic carbocycles. The summed E-state index contributed by atoms with van der Waals surface area (Å²) in [7, 11) is 0. The maximum Gasteiger partial charge on any atom is 0.199 e. The van der Waals surface area contributed by atoms with Crippen molar-refractivity contribution < 1.29 is 0 Å². The first kappa shape index (κ1) is 15.0. The summed E-state index contributed by atoms with van der Waals surface area (Å²) in [5.41, 5.74) is 1.04. The van der Waals surface area contributed by atoms with Crippen LogP contribution in [0.5, 0.6) is 0 Å². The zero-order chi connectivity index (χ0) is 14.4. The van der Waals surface area contributed by atoms with Crippen LogP contribution in [0, 0.1) is 10.7 Å². The highest BCUT2D eigenvalue weighted by molar-refractivity contribution is 7.71. The topological polar surface area (TPSA) is 40.7 Å². The highest BCUT2D eigenvalue weighted by Crippen LogP contribution is 2.20. The fraction of sp³-hybridized carbons (Fsp3) is 0.500. The number of anilines is 1. The number of H-pyrrole nitrogens is 1. The van der Waals surface area contributed by atoms with Gasteiger partial charge in [0.2, 0.25) is 0 Å². The molecular weight excluding hydrogens is 266 g/mol. The molecule has 3 nitrogen and oxygen atoms in total. The van der Waals surface area contributed by atoms with Gasteiger partial charge in [0.15, 0.2) is 4.77 Å². The Kier molecular flexibility index (Phi) is 5.53. The van der Waals surface area contributed by atoms with Crippen LogP contribution in [0.25, 0.3) is 10.9 Å². The minimum absolute atomic E-state index is 0.535. The van der Waals surface area contributed by atoms with Crippen LogP contribution in [0.3, 0.4) is 0 Å². The van der Waals surface area contributed by atoms with Crippen LogP contribution in [0.2, 0.25) is 0 Å². The molecule has 0 aliphatic carbocycles. The lowest BCUT2D eigenvalue weighted by Crippen LogP contribution is -2.15. The normalized spacial score (nSPS) is 12.5. The summed E-state index contributed by atoms with van der Waals surface area (Å²) in [6, 6.07) is 8.14. The summed E-state index contributed by atoms with van der Waals surface area (Å²) in [5, 5.41) is 4.59. The third kappa shape index (κ3) is 3.79. The fourth-order valence-electron chi connectivity index (χ4n) is 2.42. The number of nitrogens with one attached hydrogen (secondary N) is 2. The van der Waals surface area contributed by atoms with E-state index in [1.807, 2.05) is 18.2 Å². The van der Waals surface area contributed by atoms with Gasteiger partial charge < -0.3 is 10.3 Å². The van der Waals surface area contributed by atoms with Gasteiger partial charge in [0, 0.05) is 11.9 Å². The second kappa shape index (κ2) is 7.39. The van der Waals surface area contributed by atoms with Crippen LogP contribution >= 0.6 is 12.2 Å². The van der Waals surface area contributed by atoms with Crippen LogP contribution in [0.4, 0.5) is 5.82 Å². The first-order chi connectivity index (χ1) is 9.74. The molecule has 4 heteroatoms. The largest absolute Gasteiger partial charge is 0.369 e. The van der Waals surface area contributed by atoms with Crippen molar-refractivity contribution in [3.05, 3.63) is 29.0 Å². The van der Waals surface area contributed by atoms with E-state index in [2.05, 4.69) is 35.2 Å². The molecule has 1 aromatic heterocycles. The number of rotatable bonds is 7. The van der Waals surface area contributed by atoms with E-state index in [0.29, 0.717) is 10.7 Å². The molecule has 0 saturated carbocycles. The van der Waals surface area contributed by atoms with Gasteiger partial charge in [0.1, 0.15) is 5.82 Å².